The molecule has 0 aliphatic carbocycles. The Morgan fingerprint density at radius 3 is 2.67 bits per heavy atom. The summed E-state index contributed by atoms with van der Waals surface area (Å²) in [4.78, 5) is 0. The minimum Gasteiger partial charge on any atom is -0.383 e. The van der Waals surface area contributed by atoms with Crippen LogP contribution in [0.5, 0.6) is 0 Å². The Kier molecular flexibility index (Phi) is 1.73. The van der Waals surface area contributed by atoms with E-state index >= 15 is 0 Å². The summed E-state index contributed by atoms with van der Waals surface area (Å²) in [6.45, 7) is 2.06. The van der Waals surface area contributed by atoms with Crippen molar-refractivity contribution in [3.63, 3.8) is 0 Å². The minimum absolute atomic E-state index is 1.06. The fourth-order valence-electron chi connectivity index (χ4n) is 0.755. The summed E-state index contributed by atoms with van der Waals surface area (Å²) >= 11 is 0. The van der Waals surface area contributed by atoms with Gasteiger partial charge in [-0.25, -0.2) is 0 Å². The second kappa shape index (κ2) is 2.53. The van der Waals surface area contributed by atoms with Gasteiger partial charge in [0.1, 0.15) is 0 Å². The van der Waals surface area contributed by atoms with Gasteiger partial charge in [0.2, 0.25) is 0 Å². The van der Waals surface area contributed by atoms with Crippen molar-refractivity contribution in [3.05, 3.63) is 36.9 Å². The van der Waals surface area contributed by atoms with Crippen LogP contribution >= 0.6 is 0 Å². The molecule has 0 saturated heterocycles. The van der Waals surface area contributed by atoms with E-state index in [4.69, 9.17) is 0 Å². The van der Waals surface area contributed by atoms with Gasteiger partial charge in [-0.15, -0.1) is 0 Å². The predicted molar refractivity (Wildman–Crippen MR) is 40.2 cm³/mol. The number of hydrogen-bond donors (Lipinski definition) is 1. The summed E-state index contributed by atoms with van der Waals surface area (Å²) in [5.74, 6) is 0. The molecule has 0 bridgehead atoms. The summed E-state index contributed by atoms with van der Waals surface area (Å²) in [6, 6.07) is 8.09. The van der Waals surface area contributed by atoms with Gasteiger partial charge in [0, 0.05) is 12.7 Å². The van der Waals surface area contributed by atoms with Crippen molar-refractivity contribution in [1.82, 2.24) is 0 Å². The Morgan fingerprint density at radius 1 is 1.44 bits per heavy atom. The first-order valence-electron chi connectivity index (χ1n) is 2.92. The van der Waals surface area contributed by atoms with E-state index < -0.39 is 0 Å². The van der Waals surface area contributed by atoms with Gasteiger partial charge in [-0.2, -0.15) is 0 Å². The number of rotatable bonds is 1. The van der Waals surface area contributed by atoms with E-state index in [0.717, 1.165) is 5.69 Å². The van der Waals surface area contributed by atoms with Gasteiger partial charge in [-0.05, 0) is 24.6 Å². The van der Waals surface area contributed by atoms with Gasteiger partial charge in [-0.1, -0.05) is 12.1 Å². The van der Waals surface area contributed by atoms with E-state index in [1.165, 1.54) is 5.56 Å². The van der Waals surface area contributed by atoms with Gasteiger partial charge in [0.15, 0.2) is 0 Å². The lowest BCUT2D eigenvalue weighted by atomic mass is 10.2. The van der Waals surface area contributed by atoms with E-state index in [2.05, 4.69) is 25.4 Å². The zero-order chi connectivity index (χ0) is 6.69. The van der Waals surface area contributed by atoms with Crippen LogP contribution in [0.2, 0.25) is 0 Å². The monoisotopic (exact) mass is 120 g/mol. The average molecular weight is 120 g/mol. The van der Waals surface area contributed by atoms with E-state index in [9.17, 15) is 0 Å². The van der Waals surface area contributed by atoms with Gasteiger partial charge in [0.25, 0.3) is 0 Å². The molecule has 0 unspecified atom stereocenters. The molecular formula is C8H10N. The standard InChI is InChI=1S/C8H10N/c1-7-4-3-5-8(6-7)9-2/h3-6,9H,2H2,1H3. The van der Waals surface area contributed by atoms with Crippen molar-refractivity contribution in [2.45, 2.75) is 6.92 Å². The highest BCUT2D eigenvalue weighted by molar-refractivity contribution is 5.45. The molecule has 47 valence electrons. The molecule has 1 heteroatoms. The molecule has 0 atom stereocenters. The smallest absolute Gasteiger partial charge is 0.0343 e. The van der Waals surface area contributed by atoms with E-state index in [0.29, 0.717) is 0 Å². The molecule has 1 aromatic carbocycles. The maximum atomic E-state index is 3.55. The molecule has 0 aliphatic heterocycles. The molecule has 0 heterocycles. The summed E-state index contributed by atoms with van der Waals surface area (Å²) in [6.07, 6.45) is 0. The molecule has 0 amide bonds. The molecule has 9 heavy (non-hydrogen) atoms. The SMILES string of the molecule is [CH2]Nc1cccc(C)c1. The maximum absolute atomic E-state index is 3.55. The van der Waals surface area contributed by atoms with Crippen molar-refractivity contribution in [2.24, 2.45) is 0 Å². The summed E-state index contributed by atoms with van der Waals surface area (Å²) in [7, 11) is 3.55. The van der Waals surface area contributed by atoms with Crippen molar-refractivity contribution >= 4 is 5.69 Å². The first-order chi connectivity index (χ1) is 4.33. The van der Waals surface area contributed by atoms with Gasteiger partial charge in [-0.3, -0.25) is 0 Å². The number of anilines is 1. The van der Waals surface area contributed by atoms with Crippen LogP contribution in [0.3, 0.4) is 0 Å². The Morgan fingerprint density at radius 2 is 2.22 bits per heavy atom. The van der Waals surface area contributed by atoms with Gasteiger partial charge in [0.05, 0.1) is 0 Å². The van der Waals surface area contributed by atoms with E-state index in [-0.39, 0.29) is 0 Å². The van der Waals surface area contributed by atoms with Gasteiger partial charge < -0.3 is 5.32 Å². The fraction of sp³-hybridized carbons (Fsp3) is 0.125. The molecule has 1 rings (SSSR count). The highest BCUT2D eigenvalue weighted by Crippen LogP contribution is 2.07. The number of nitrogens with one attached hydrogen (secondary N) is 1. The third-order valence-electron chi connectivity index (χ3n) is 1.22. The van der Waals surface area contributed by atoms with Crippen LogP contribution in [0.4, 0.5) is 5.69 Å². The zero-order valence-electron chi connectivity index (χ0n) is 5.52. The number of hydrogen-bond acceptors (Lipinski definition) is 1. The Labute approximate surface area is 55.7 Å². The van der Waals surface area contributed by atoms with Crippen molar-refractivity contribution in [1.29, 1.82) is 0 Å². The lowest BCUT2D eigenvalue weighted by Gasteiger charge is -1.98. The second-order valence-electron chi connectivity index (χ2n) is 2.05. The Bertz CT molecular complexity index is 194. The van der Waals surface area contributed by atoms with Crippen molar-refractivity contribution in [2.75, 3.05) is 5.32 Å². The summed E-state index contributed by atoms with van der Waals surface area (Å²) in [5.41, 5.74) is 2.32. The van der Waals surface area contributed by atoms with Crippen LogP contribution in [0, 0.1) is 14.0 Å². The highest BCUT2D eigenvalue weighted by atomic mass is 14.8. The second-order valence-corrected chi connectivity index (χ2v) is 2.05. The molecule has 1 N–H and O–H groups in total. The van der Waals surface area contributed by atoms with Crippen LogP contribution in [0.1, 0.15) is 5.56 Å². The van der Waals surface area contributed by atoms with Crippen LogP contribution in [-0.2, 0) is 0 Å². The molecule has 0 spiro atoms. The lowest BCUT2D eigenvalue weighted by molar-refractivity contribution is 1.45. The lowest BCUT2D eigenvalue weighted by Crippen LogP contribution is -1.83. The van der Waals surface area contributed by atoms with E-state index in [1.807, 2.05) is 18.2 Å². The van der Waals surface area contributed by atoms with Crippen LogP contribution in [-0.4, -0.2) is 0 Å². The maximum Gasteiger partial charge on any atom is 0.0343 e. The predicted octanol–water partition coefficient (Wildman–Crippen LogP) is 2.20. The van der Waals surface area contributed by atoms with Crippen LogP contribution in [0.25, 0.3) is 0 Å². The van der Waals surface area contributed by atoms with Crippen molar-refractivity contribution in [3.8, 4) is 0 Å². The molecule has 0 fully saturated rings. The summed E-state index contributed by atoms with van der Waals surface area (Å²) < 4.78 is 0. The first-order valence-corrected chi connectivity index (χ1v) is 2.92. The third-order valence-corrected chi connectivity index (χ3v) is 1.22. The fourth-order valence-corrected chi connectivity index (χ4v) is 0.755. The minimum atomic E-state index is 1.06. The molecule has 0 saturated carbocycles. The van der Waals surface area contributed by atoms with E-state index in [1.54, 1.807) is 0 Å². The quantitative estimate of drug-likeness (QED) is 0.599. The molecule has 1 nitrogen and oxygen atoms in total. The number of aryl methyl sites for hydroxylation is 1. The van der Waals surface area contributed by atoms with Gasteiger partial charge >= 0.3 is 0 Å². The first kappa shape index (κ1) is 6.14. The zero-order valence-corrected chi connectivity index (χ0v) is 5.52. The Balaban J connectivity index is 2.94. The molecule has 0 aliphatic rings. The average Bonchev–Trinajstić information content (AvgIpc) is 1.88. The van der Waals surface area contributed by atoms with Crippen LogP contribution < -0.4 is 5.32 Å². The van der Waals surface area contributed by atoms with Crippen LogP contribution in [0.15, 0.2) is 24.3 Å². The normalized spacial score (nSPS) is 9.11. The molecular weight excluding hydrogens is 110 g/mol. The largest absolute Gasteiger partial charge is 0.383 e. The van der Waals surface area contributed by atoms with Crippen molar-refractivity contribution < 1.29 is 0 Å². The Hall–Kier alpha value is -0.980. The molecule has 1 radical (unpaired) electrons. The topological polar surface area (TPSA) is 12.0 Å². The molecule has 1 aromatic rings. The third kappa shape index (κ3) is 1.46. The summed E-state index contributed by atoms with van der Waals surface area (Å²) in [5, 5.41) is 2.82. The number of benzene rings is 1. The highest BCUT2D eigenvalue weighted by Gasteiger charge is 1.84. The molecule has 0 aromatic heterocycles.